The van der Waals surface area contributed by atoms with E-state index < -0.39 is 0 Å². The van der Waals surface area contributed by atoms with Gasteiger partial charge in [-0.3, -0.25) is 4.68 Å². The minimum absolute atomic E-state index is 0.650. The Hall–Kier alpha value is -1.54. The van der Waals surface area contributed by atoms with Crippen LogP contribution in [0.15, 0.2) is 0 Å². The maximum atomic E-state index is 9.03. The SMILES string of the molecule is Cc1nn(C)c(N(C)CCCN)c1C#N. The van der Waals surface area contributed by atoms with Crippen LogP contribution in [0.4, 0.5) is 5.82 Å². The summed E-state index contributed by atoms with van der Waals surface area (Å²) in [5.41, 5.74) is 6.88. The zero-order chi connectivity index (χ0) is 11.4. The average molecular weight is 207 g/mol. The Morgan fingerprint density at radius 1 is 1.60 bits per heavy atom. The van der Waals surface area contributed by atoms with Crippen molar-refractivity contribution in [2.45, 2.75) is 13.3 Å². The van der Waals surface area contributed by atoms with Crippen molar-refractivity contribution in [1.82, 2.24) is 9.78 Å². The number of nitrogens with two attached hydrogens (primary N) is 1. The number of hydrogen-bond acceptors (Lipinski definition) is 4. The molecule has 1 heterocycles. The smallest absolute Gasteiger partial charge is 0.144 e. The minimum Gasteiger partial charge on any atom is -0.359 e. The van der Waals surface area contributed by atoms with Gasteiger partial charge in [-0.25, -0.2) is 0 Å². The standard InChI is InChI=1S/C10H17N5/c1-8-9(7-12)10(15(3)13-8)14(2)6-4-5-11/h4-6,11H2,1-3H3. The molecular weight excluding hydrogens is 190 g/mol. The predicted molar refractivity (Wildman–Crippen MR) is 59.6 cm³/mol. The summed E-state index contributed by atoms with van der Waals surface area (Å²) in [5, 5.41) is 13.3. The van der Waals surface area contributed by atoms with Crippen LogP contribution in [0.3, 0.4) is 0 Å². The topological polar surface area (TPSA) is 70.9 Å². The normalized spacial score (nSPS) is 10.1. The minimum atomic E-state index is 0.650. The summed E-state index contributed by atoms with van der Waals surface area (Å²) in [6.45, 7) is 3.34. The van der Waals surface area contributed by atoms with Crippen LogP contribution < -0.4 is 10.6 Å². The van der Waals surface area contributed by atoms with E-state index in [2.05, 4.69) is 11.2 Å². The van der Waals surface area contributed by atoms with Gasteiger partial charge in [0.2, 0.25) is 0 Å². The molecule has 2 N–H and O–H groups in total. The molecule has 5 heteroatoms. The summed E-state index contributed by atoms with van der Waals surface area (Å²) in [5.74, 6) is 0.864. The monoisotopic (exact) mass is 207 g/mol. The Morgan fingerprint density at radius 3 is 2.80 bits per heavy atom. The Bertz CT molecular complexity index is 374. The third-order valence-corrected chi connectivity index (χ3v) is 2.36. The molecule has 0 radical (unpaired) electrons. The van der Waals surface area contributed by atoms with Crippen molar-refractivity contribution in [2.24, 2.45) is 12.8 Å². The zero-order valence-electron chi connectivity index (χ0n) is 9.49. The van der Waals surface area contributed by atoms with Crippen LogP contribution in [-0.2, 0) is 7.05 Å². The molecule has 0 aliphatic carbocycles. The molecule has 0 bridgehead atoms. The van der Waals surface area contributed by atoms with E-state index in [-0.39, 0.29) is 0 Å². The molecule has 82 valence electrons. The fourth-order valence-corrected chi connectivity index (χ4v) is 1.65. The summed E-state index contributed by atoms with van der Waals surface area (Å²) >= 11 is 0. The quantitative estimate of drug-likeness (QED) is 0.775. The maximum Gasteiger partial charge on any atom is 0.144 e. The van der Waals surface area contributed by atoms with Crippen LogP contribution in [-0.4, -0.2) is 29.9 Å². The molecule has 0 fully saturated rings. The Balaban J connectivity index is 2.97. The molecule has 1 rings (SSSR count). The largest absolute Gasteiger partial charge is 0.359 e. The molecule has 0 aliphatic heterocycles. The molecule has 1 aromatic heterocycles. The Morgan fingerprint density at radius 2 is 2.27 bits per heavy atom. The van der Waals surface area contributed by atoms with Crippen molar-refractivity contribution >= 4 is 5.82 Å². The molecule has 0 atom stereocenters. The van der Waals surface area contributed by atoms with Gasteiger partial charge < -0.3 is 10.6 Å². The second-order valence-electron chi connectivity index (χ2n) is 3.58. The lowest BCUT2D eigenvalue weighted by Gasteiger charge is -2.18. The molecule has 0 spiro atoms. The third-order valence-electron chi connectivity index (χ3n) is 2.36. The molecular formula is C10H17N5. The highest BCUT2D eigenvalue weighted by Crippen LogP contribution is 2.20. The van der Waals surface area contributed by atoms with E-state index in [4.69, 9.17) is 11.0 Å². The highest BCUT2D eigenvalue weighted by atomic mass is 15.4. The van der Waals surface area contributed by atoms with E-state index in [0.717, 1.165) is 24.5 Å². The zero-order valence-corrected chi connectivity index (χ0v) is 9.49. The first kappa shape index (κ1) is 11.5. The van der Waals surface area contributed by atoms with Crippen molar-refractivity contribution in [3.63, 3.8) is 0 Å². The number of rotatable bonds is 4. The van der Waals surface area contributed by atoms with Crippen LogP contribution >= 0.6 is 0 Å². The highest BCUT2D eigenvalue weighted by molar-refractivity contribution is 5.56. The summed E-state index contributed by atoms with van der Waals surface area (Å²) < 4.78 is 1.74. The fourth-order valence-electron chi connectivity index (χ4n) is 1.65. The van der Waals surface area contributed by atoms with E-state index in [9.17, 15) is 0 Å². The summed E-state index contributed by atoms with van der Waals surface area (Å²) in [4.78, 5) is 2.02. The molecule has 15 heavy (non-hydrogen) atoms. The first-order valence-corrected chi connectivity index (χ1v) is 4.96. The molecule has 0 aromatic carbocycles. The van der Waals surface area contributed by atoms with Crippen molar-refractivity contribution in [3.8, 4) is 6.07 Å². The van der Waals surface area contributed by atoms with Crippen LogP contribution in [0.25, 0.3) is 0 Å². The van der Waals surface area contributed by atoms with Crippen LogP contribution in [0, 0.1) is 18.3 Å². The van der Waals surface area contributed by atoms with Crippen molar-refractivity contribution in [2.75, 3.05) is 25.0 Å². The summed E-state index contributed by atoms with van der Waals surface area (Å²) in [6, 6.07) is 2.19. The first-order chi connectivity index (χ1) is 7.11. The van der Waals surface area contributed by atoms with Crippen molar-refractivity contribution in [1.29, 1.82) is 5.26 Å². The van der Waals surface area contributed by atoms with E-state index in [0.29, 0.717) is 12.1 Å². The lowest BCUT2D eigenvalue weighted by atomic mass is 10.2. The van der Waals surface area contributed by atoms with Crippen LogP contribution in [0.1, 0.15) is 17.7 Å². The van der Waals surface area contributed by atoms with Gasteiger partial charge in [-0.05, 0) is 19.9 Å². The van der Waals surface area contributed by atoms with Gasteiger partial charge in [-0.15, -0.1) is 0 Å². The maximum absolute atomic E-state index is 9.03. The lowest BCUT2D eigenvalue weighted by Crippen LogP contribution is -2.24. The number of aromatic nitrogens is 2. The van der Waals surface area contributed by atoms with Gasteiger partial charge in [-0.1, -0.05) is 0 Å². The highest BCUT2D eigenvalue weighted by Gasteiger charge is 2.15. The van der Waals surface area contributed by atoms with Crippen molar-refractivity contribution < 1.29 is 0 Å². The molecule has 0 aliphatic rings. The van der Waals surface area contributed by atoms with E-state index in [1.54, 1.807) is 4.68 Å². The van der Waals surface area contributed by atoms with Gasteiger partial charge >= 0.3 is 0 Å². The van der Waals surface area contributed by atoms with Gasteiger partial charge in [0.15, 0.2) is 0 Å². The summed E-state index contributed by atoms with van der Waals surface area (Å²) in [6.07, 6.45) is 0.908. The molecule has 0 saturated carbocycles. The molecule has 0 saturated heterocycles. The molecule has 0 amide bonds. The first-order valence-electron chi connectivity index (χ1n) is 4.96. The number of aryl methyl sites for hydroxylation is 2. The van der Waals surface area contributed by atoms with Gasteiger partial charge in [0.05, 0.1) is 5.69 Å². The Labute approximate surface area is 90.1 Å². The van der Waals surface area contributed by atoms with E-state index in [1.165, 1.54) is 0 Å². The van der Waals surface area contributed by atoms with Gasteiger partial charge in [0, 0.05) is 20.6 Å². The second kappa shape index (κ2) is 4.80. The second-order valence-corrected chi connectivity index (χ2v) is 3.58. The predicted octanol–water partition coefficient (Wildman–Crippen LogP) is 0.385. The number of hydrogen-bond donors (Lipinski definition) is 1. The van der Waals surface area contributed by atoms with Gasteiger partial charge in [-0.2, -0.15) is 10.4 Å². The van der Waals surface area contributed by atoms with Crippen LogP contribution in [0.5, 0.6) is 0 Å². The molecule has 1 aromatic rings. The number of nitrogens with zero attached hydrogens (tertiary/aromatic N) is 4. The third kappa shape index (κ3) is 2.28. The fraction of sp³-hybridized carbons (Fsp3) is 0.600. The number of anilines is 1. The lowest BCUT2D eigenvalue weighted by molar-refractivity contribution is 0.710. The van der Waals surface area contributed by atoms with Gasteiger partial charge in [0.1, 0.15) is 17.5 Å². The molecule has 0 unspecified atom stereocenters. The van der Waals surface area contributed by atoms with Crippen LogP contribution in [0.2, 0.25) is 0 Å². The number of nitriles is 1. The molecule has 5 nitrogen and oxygen atoms in total. The van der Waals surface area contributed by atoms with Crippen molar-refractivity contribution in [3.05, 3.63) is 11.3 Å². The Kier molecular flexibility index (Phi) is 3.69. The summed E-state index contributed by atoms with van der Waals surface area (Å²) in [7, 11) is 3.80. The van der Waals surface area contributed by atoms with E-state index in [1.807, 2.05) is 25.9 Å². The van der Waals surface area contributed by atoms with Gasteiger partial charge in [0.25, 0.3) is 0 Å². The average Bonchev–Trinajstić information content (AvgIpc) is 2.49. The van der Waals surface area contributed by atoms with E-state index >= 15 is 0 Å².